The highest BCUT2D eigenvalue weighted by molar-refractivity contribution is 5.93. The summed E-state index contributed by atoms with van der Waals surface area (Å²) in [5, 5.41) is 2.42. The van der Waals surface area contributed by atoms with Crippen molar-refractivity contribution >= 4 is 10.8 Å². The van der Waals surface area contributed by atoms with Crippen LogP contribution in [-0.2, 0) is 6.42 Å². The van der Waals surface area contributed by atoms with Gasteiger partial charge in [-0.05, 0) is 102 Å². The summed E-state index contributed by atoms with van der Waals surface area (Å²) in [6.45, 7) is 4.16. The SMILES string of the molecule is COc1ccc(-c2ccc3cc(OC)ccc3c2Cc2ccc(OCCN3CCCC3)cc2)cc1. The van der Waals surface area contributed by atoms with E-state index < -0.39 is 0 Å². The lowest BCUT2D eigenvalue weighted by atomic mass is 9.90. The van der Waals surface area contributed by atoms with Crippen molar-refractivity contribution in [3.8, 4) is 28.4 Å². The first-order valence-corrected chi connectivity index (χ1v) is 12.4. The van der Waals surface area contributed by atoms with Crippen LogP contribution in [0.25, 0.3) is 21.9 Å². The van der Waals surface area contributed by atoms with Gasteiger partial charge in [0, 0.05) is 6.54 Å². The fourth-order valence-electron chi connectivity index (χ4n) is 4.94. The van der Waals surface area contributed by atoms with E-state index in [9.17, 15) is 0 Å². The second kappa shape index (κ2) is 10.8. The lowest BCUT2D eigenvalue weighted by Gasteiger charge is -2.16. The fraction of sp³-hybridized carbons (Fsp3) is 0.290. The maximum atomic E-state index is 6.02. The Hall–Kier alpha value is -3.50. The average molecular weight is 468 g/mol. The van der Waals surface area contributed by atoms with Gasteiger partial charge < -0.3 is 14.2 Å². The molecule has 4 heteroatoms. The Morgan fingerprint density at radius 2 is 1.40 bits per heavy atom. The second-order valence-electron chi connectivity index (χ2n) is 9.13. The molecule has 0 amide bonds. The first-order chi connectivity index (χ1) is 17.2. The lowest BCUT2D eigenvalue weighted by molar-refractivity contribution is 0.238. The van der Waals surface area contributed by atoms with Crippen LogP contribution in [-0.4, -0.2) is 45.4 Å². The van der Waals surface area contributed by atoms with Crippen LogP contribution in [0.1, 0.15) is 24.0 Å². The summed E-state index contributed by atoms with van der Waals surface area (Å²) in [7, 11) is 3.41. The van der Waals surface area contributed by atoms with Crippen LogP contribution >= 0.6 is 0 Å². The monoisotopic (exact) mass is 467 g/mol. The maximum Gasteiger partial charge on any atom is 0.119 e. The van der Waals surface area contributed by atoms with Gasteiger partial charge in [-0.25, -0.2) is 0 Å². The molecule has 4 aromatic carbocycles. The van der Waals surface area contributed by atoms with Crippen LogP contribution in [0.2, 0.25) is 0 Å². The number of nitrogens with zero attached hydrogens (tertiary/aromatic N) is 1. The van der Waals surface area contributed by atoms with Crippen molar-refractivity contribution in [3.05, 3.63) is 90.0 Å². The van der Waals surface area contributed by atoms with Crippen molar-refractivity contribution in [1.82, 2.24) is 4.90 Å². The largest absolute Gasteiger partial charge is 0.497 e. The number of rotatable bonds is 9. The smallest absolute Gasteiger partial charge is 0.119 e. The van der Waals surface area contributed by atoms with E-state index in [1.54, 1.807) is 14.2 Å². The van der Waals surface area contributed by atoms with E-state index in [4.69, 9.17) is 14.2 Å². The highest BCUT2D eigenvalue weighted by Crippen LogP contribution is 2.34. The zero-order valence-electron chi connectivity index (χ0n) is 20.6. The van der Waals surface area contributed by atoms with Crippen LogP contribution in [0, 0.1) is 0 Å². The van der Waals surface area contributed by atoms with E-state index in [0.29, 0.717) is 0 Å². The molecular weight excluding hydrogens is 434 g/mol. The van der Waals surface area contributed by atoms with E-state index in [1.165, 1.54) is 59.0 Å². The Bertz CT molecular complexity index is 1260. The van der Waals surface area contributed by atoms with Gasteiger partial charge in [0.15, 0.2) is 0 Å². The van der Waals surface area contributed by atoms with E-state index >= 15 is 0 Å². The summed E-state index contributed by atoms with van der Waals surface area (Å²) >= 11 is 0. The van der Waals surface area contributed by atoms with Gasteiger partial charge in [0.2, 0.25) is 0 Å². The number of likely N-dealkylation sites (tertiary alicyclic amines) is 1. The number of hydrogen-bond acceptors (Lipinski definition) is 4. The van der Waals surface area contributed by atoms with Gasteiger partial charge in [0.05, 0.1) is 14.2 Å². The third-order valence-electron chi connectivity index (χ3n) is 6.92. The molecule has 0 aliphatic carbocycles. The molecule has 4 nitrogen and oxygen atoms in total. The number of ether oxygens (including phenoxy) is 3. The van der Waals surface area contributed by atoms with E-state index in [0.717, 1.165) is 36.8 Å². The molecule has 0 radical (unpaired) electrons. The predicted molar refractivity (Wildman–Crippen MR) is 143 cm³/mol. The molecule has 1 aliphatic rings. The molecule has 0 saturated carbocycles. The van der Waals surface area contributed by atoms with Crippen molar-refractivity contribution in [1.29, 1.82) is 0 Å². The Kier molecular flexibility index (Phi) is 7.20. The average Bonchev–Trinajstić information content (AvgIpc) is 3.43. The van der Waals surface area contributed by atoms with Crippen LogP contribution in [0.4, 0.5) is 0 Å². The van der Waals surface area contributed by atoms with Crippen LogP contribution in [0.3, 0.4) is 0 Å². The zero-order valence-corrected chi connectivity index (χ0v) is 20.6. The number of methoxy groups -OCH3 is 2. The summed E-state index contributed by atoms with van der Waals surface area (Å²) in [6, 6.07) is 27.6. The molecule has 0 atom stereocenters. The maximum absolute atomic E-state index is 6.02. The van der Waals surface area contributed by atoms with Crippen molar-refractivity contribution in [2.75, 3.05) is 40.5 Å². The van der Waals surface area contributed by atoms with E-state index in [-0.39, 0.29) is 0 Å². The third kappa shape index (κ3) is 5.44. The van der Waals surface area contributed by atoms with E-state index in [2.05, 4.69) is 65.6 Å². The highest BCUT2D eigenvalue weighted by atomic mass is 16.5. The number of benzene rings is 4. The minimum Gasteiger partial charge on any atom is -0.497 e. The van der Waals surface area contributed by atoms with Gasteiger partial charge >= 0.3 is 0 Å². The molecule has 0 unspecified atom stereocenters. The quantitative estimate of drug-likeness (QED) is 0.278. The molecule has 5 rings (SSSR count). The molecule has 0 aromatic heterocycles. The van der Waals surface area contributed by atoms with Gasteiger partial charge in [0.1, 0.15) is 23.9 Å². The van der Waals surface area contributed by atoms with Crippen LogP contribution < -0.4 is 14.2 Å². The number of hydrogen-bond donors (Lipinski definition) is 0. The van der Waals surface area contributed by atoms with Crippen molar-refractivity contribution in [2.45, 2.75) is 19.3 Å². The molecule has 0 bridgehead atoms. The molecule has 1 fully saturated rings. The Balaban J connectivity index is 1.41. The topological polar surface area (TPSA) is 30.9 Å². The Morgan fingerprint density at radius 3 is 2.11 bits per heavy atom. The lowest BCUT2D eigenvalue weighted by Crippen LogP contribution is -2.25. The van der Waals surface area contributed by atoms with Crippen molar-refractivity contribution in [2.24, 2.45) is 0 Å². The van der Waals surface area contributed by atoms with Gasteiger partial charge in [-0.1, -0.05) is 42.5 Å². The molecule has 0 spiro atoms. The van der Waals surface area contributed by atoms with E-state index in [1.807, 2.05) is 18.2 Å². The molecule has 180 valence electrons. The summed E-state index contributed by atoms with van der Waals surface area (Å²) in [5.41, 5.74) is 4.98. The molecule has 1 aliphatic heterocycles. The first kappa shape index (κ1) is 23.3. The number of fused-ring (bicyclic) bond motifs is 1. The third-order valence-corrected chi connectivity index (χ3v) is 6.92. The molecule has 35 heavy (non-hydrogen) atoms. The fourth-order valence-corrected chi connectivity index (χ4v) is 4.94. The Labute approximate surface area is 208 Å². The Morgan fingerprint density at radius 1 is 0.714 bits per heavy atom. The van der Waals surface area contributed by atoms with Crippen molar-refractivity contribution < 1.29 is 14.2 Å². The molecule has 4 aromatic rings. The minimum atomic E-state index is 0.742. The first-order valence-electron chi connectivity index (χ1n) is 12.4. The molecular formula is C31H33NO3. The summed E-state index contributed by atoms with van der Waals surface area (Å²) < 4.78 is 16.9. The van der Waals surface area contributed by atoms with Crippen molar-refractivity contribution in [3.63, 3.8) is 0 Å². The standard InChI is InChI=1S/C31H33NO3/c1-33-26-12-7-24(8-13-26)29-15-9-25-22-28(34-2)14-16-30(25)31(29)21-23-5-10-27(11-6-23)35-20-19-32-17-3-4-18-32/h5-16,22H,3-4,17-21H2,1-2H3. The summed E-state index contributed by atoms with van der Waals surface area (Å²) in [4.78, 5) is 2.48. The summed E-state index contributed by atoms with van der Waals surface area (Å²) in [5.74, 6) is 2.67. The molecule has 0 N–H and O–H groups in total. The zero-order chi connectivity index (χ0) is 24.0. The van der Waals surface area contributed by atoms with Gasteiger partial charge in [-0.15, -0.1) is 0 Å². The minimum absolute atomic E-state index is 0.742. The second-order valence-corrected chi connectivity index (χ2v) is 9.13. The molecule has 1 saturated heterocycles. The van der Waals surface area contributed by atoms with Gasteiger partial charge in [0.25, 0.3) is 0 Å². The van der Waals surface area contributed by atoms with Gasteiger partial charge in [-0.3, -0.25) is 4.90 Å². The highest BCUT2D eigenvalue weighted by Gasteiger charge is 2.13. The predicted octanol–water partition coefficient (Wildman–Crippen LogP) is 6.59. The van der Waals surface area contributed by atoms with Gasteiger partial charge in [-0.2, -0.15) is 0 Å². The summed E-state index contributed by atoms with van der Waals surface area (Å²) in [6.07, 6.45) is 3.46. The van der Waals surface area contributed by atoms with Crippen LogP contribution in [0.15, 0.2) is 78.9 Å². The van der Waals surface area contributed by atoms with Crippen LogP contribution in [0.5, 0.6) is 17.2 Å². The normalized spacial score (nSPS) is 13.8. The molecule has 1 heterocycles.